The highest BCUT2D eigenvalue weighted by molar-refractivity contribution is 5.92. The van der Waals surface area contributed by atoms with Crippen molar-refractivity contribution in [3.63, 3.8) is 0 Å². The van der Waals surface area contributed by atoms with Gasteiger partial charge >= 0.3 is 0 Å². The first-order valence-corrected chi connectivity index (χ1v) is 6.59. The second-order valence-electron chi connectivity index (χ2n) is 4.59. The maximum atomic E-state index is 12.0. The van der Waals surface area contributed by atoms with Crippen LogP contribution in [0.4, 0.5) is 5.69 Å². The second kappa shape index (κ2) is 6.53. The van der Waals surface area contributed by atoms with Crippen molar-refractivity contribution in [3.8, 4) is 6.07 Å². The van der Waals surface area contributed by atoms with E-state index in [1.54, 1.807) is 24.3 Å². The summed E-state index contributed by atoms with van der Waals surface area (Å²) in [6.07, 6.45) is 1.25. The van der Waals surface area contributed by atoms with Crippen molar-refractivity contribution in [2.75, 3.05) is 5.32 Å². The van der Waals surface area contributed by atoms with Crippen molar-refractivity contribution in [1.29, 1.82) is 5.26 Å². The van der Waals surface area contributed by atoms with Crippen molar-refractivity contribution < 1.29 is 4.79 Å². The maximum absolute atomic E-state index is 12.0. The Hall–Kier alpha value is -2.60. The molecule has 0 aliphatic carbocycles. The van der Waals surface area contributed by atoms with E-state index in [0.29, 0.717) is 12.0 Å². The van der Waals surface area contributed by atoms with Crippen LogP contribution in [0, 0.1) is 11.3 Å². The van der Waals surface area contributed by atoms with Crippen LogP contribution in [0.25, 0.3) is 0 Å². The number of aryl methyl sites for hydroxylation is 1. The average Bonchev–Trinajstić information content (AvgIpc) is 2.48. The van der Waals surface area contributed by atoms with Gasteiger partial charge in [-0.1, -0.05) is 31.2 Å². The lowest BCUT2D eigenvalue weighted by atomic mass is 10.1. The lowest BCUT2D eigenvalue weighted by Crippen LogP contribution is -2.14. The van der Waals surface area contributed by atoms with Crippen LogP contribution in [-0.2, 0) is 17.6 Å². The Kier molecular flexibility index (Phi) is 4.52. The molecule has 0 saturated carbocycles. The van der Waals surface area contributed by atoms with Gasteiger partial charge in [0.05, 0.1) is 18.1 Å². The molecule has 0 aromatic heterocycles. The topological polar surface area (TPSA) is 52.9 Å². The molecule has 0 aliphatic heterocycles. The molecule has 20 heavy (non-hydrogen) atoms. The number of hydrogen-bond acceptors (Lipinski definition) is 2. The summed E-state index contributed by atoms with van der Waals surface area (Å²) in [5.74, 6) is -0.0528. The van der Waals surface area contributed by atoms with E-state index < -0.39 is 0 Å². The molecule has 0 atom stereocenters. The van der Waals surface area contributed by atoms with Gasteiger partial charge in [0.1, 0.15) is 0 Å². The molecule has 0 aliphatic rings. The van der Waals surface area contributed by atoms with Crippen LogP contribution < -0.4 is 5.32 Å². The molecule has 1 N–H and O–H groups in total. The Labute approximate surface area is 118 Å². The molecule has 0 radical (unpaired) electrons. The van der Waals surface area contributed by atoms with Crippen molar-refractivity contribution in [1.82, 2.24) is 0 Å². The minimum atomic E-state index is -0.0528. The van der Waals surface area contributed by atoms with Gasteiger partial charge in [-0.05, 0) is 41.8 Å². The molecular weight excluding hydrogens is 248 g/mol. The van der Waals surface area contributed by atoms with Crippen LogP contribution in [0.3, 0.4) is 0 Å². The minimum absolute atomic E-state index is 0.0528. The van der Waals surface area contributed by atoms with Crippen molar-refractivity contribution >= 4 is 11.6 Å². The average molecular weight is 264 g/mol. The largest absolute Gasteiger partial charge is 0.326 e. The molecule has 0 fully saturated rings. The zero-order valence-electron chi connectivity index (χ0n) is 11.4. The third-order valence-electron chi connectivity index (χ3n) is 3.07. The molecule has 0 unspecified atom stereocenters. The number of benzene rings is 2. The molecule has 0 heterocycles. The Morgan fingerprint density at radius 3 is 2.55 bits per heavy atom. The van der Waals surface area contributed by atoms with Crippen molar-refractivity contribution in [2.45, 2.75) is 19.8 Å². The predicted octanol–water partition coefficient (Wildman–Crippen LogP) is 3.30. The smallest absolute Gasteiger partial charge is 0.228 e. The summed E-state index contributed by atoms with van der Waals surface area (Å²) >= 11 is 0. The van der Waals surface area contributed by atoms with Crippen molar-refractivity contribution in [3.05, 3.63) is 65.2 Å². The first-order chi connectivity index (χ1) is 9.71. The van der Waals surface area contributed by atoms with Gasteiger partial charge in [0.2, 0.25) is 5.91 Å². The van der Waals surface area contributed by atoms with Crippen LogP contribution in [0.1, 0.15) is 23.6 Å². The predicted molar refractivity (Wildman–Crippen MR) is 79.3 cm³/mol. The fourth-order valence-corrected chi connectivity index (χ4v) is 1.96. The van der Waals surface area contributed by atoms with Crippen LogP contribution >= 0.6 is 0 Å². The summed E-state index contributed by atoms with van der Waals surface area (Å²) < 4.78 is 0. The van der Waals surface area contributed by atoms with E-state index in [1.807, 2.05) is 24.3 Å². The first-order valence-electron chi connectivity index (χ1n) is 6.59. The monoisotopic (exact) mass is 264 g/mol. The first kappa shape index (κ1) is 13.8. The number of amides is 1. The molecule has 0 bridgehead atoms. The maximum Gasteiger partial charge on any atom is 0.228 e. The lowest BCUT2D eigenvalue weighted by molar-refractivity contribution is -0.115. The fourth-order valence-electron chi connectivity index (χ4n) is 1.96. The number of nitriles is 1. The van der Waals surface area contributed by atoms with E-state index in [9.17, 15) is 4.79 Å². The molecule has 1 amide bonds. The van der Waals surface area contributed by atoms with E-state index in [1.165, 1.54) is 5.56 Å². The second-order valence-corrected chi connectivity index (χ2v) is 4.59. The summed E-state index contributed by atoms with van der Waals surface area (Å²) in [6.45, 7) is 2.08. The quantitative estimate of drug-likeness (QED) is 0.921. The summed E-state index contributed by atoms with van der Waals surface area (Å²) in [5, 5.41) is 11.6. The van der Waals surface area contributed by atoms with E-state index in [4.69, 9.17) is 5.26 Å². The van der Waals surface area contributed by atoms with Crippen molar-refractivity contribution in [2.24, 2.45) is 0 Å². The van der Waals surface area contributed by atoms with Crippen LogP contribution in [-0.4, -0.2) is 5.91 Å². The fraction of sp³-hybridized carbons (Fsp3) is 0.176. The van der Waals surface area contributed by atoms with E-state index in [2.05, 4.69) is 18.3 Å². The van der Waals surface area contributed by atoms with Gasteiger partial charge in [0.15, 0.2) is 0 Å². The molecule has 3 nitrogen and oxygen atoms in total. The number of carbonyl (C=O) groups excluding carboxylic acids is 1. The summed E-state index contributed by atoms with van der Waals surface area (Å²) in [4.78, 5) is 12.0. The van der Waals surface area contributed by atoms with E-state index >= 15 is 0 Å². The standard InChI is InChI=1S/C17H16N2O/c1-2-13-4-3-5-16(10-13)19-17(20)11-14-6-8-15(12-18)9-7-14/h3-10H,2,11H2,1H3,(H,19,20). The molecule has 0 saturated heterocycles. The Balaban J connectivity index is 1.99. The van der Waals surface area contributed by atoms with Gasteiger partial charge in [-0.25, -0.2) is 0 Å². The highest BCUT2D eigenvalue weighted by atomic mass is 16.1. The third-order valence-corrected chi connectivity index (χ3v) is 3.07. The Bertz CT molecular complexity index is 639. The number of nitrogens with one attached hydrogen (secondary N) is 1. The van der Waals surface area contributed by atoms with Crippen LogP contribution in [0.5, 0.6) is 0 Å². The molecule has 100 valence electrons. The van der Waals surface area contributed by atoms with E-state index in [-0.39, 0.29) is 5.91 Å². The molecule has 2 rings (SSSR count). The van der Waals surface area contributed by atoms with Gasteiger partial charge in [-0.3, -0.25) is 4.79 Å². The highest BCUT2D eigenvalue weighted by Crippen LogP contribution is 2.12. The van der Waals surface area contributed by atoms with Gasteiger partial charge in [0, 0.05) is 5.69 Å². The number of anilines is 1. The normalized spacial score (nSPS) is 9.80. The van der Waals surface area contributed by atoms with Gasteiger partial charge in [0.25, 0.3) is 0 Å². The highest BCUT2D eigenvalue weighted by Gasteiger charge is 2.04. The molecule has 3 heteroatoms. The van der Waals surface area contributed by atoms with Crippen LogP contribution in [0.2, 0.25) is 0 Å². The summed E-state index contributed by atoms with van der Waals surface area (Å²) in [5.41, 5.74) is 3.52. The number of rotatable bonds is 4. The lowest BCUT2D eigenvalue weighted by Gasteiger charge is -2.07. The van der Waals surface area contributed by atoms with E-state index in [0.717, 1.165) is 17.7 Å². The SMILES string of the molecule is CCc1cccc(NC(=O)Cc2ccc(C#N)cc2)c1. The van der Waals surface area contributed by atoms with Gasteiger partial charge in [-0.15, -0.1) is 0 Å². The Morgan fingerprint density at radius 2 is 1.90 bits per heavy atom. The zero-order chi connectivity index (χ0) is 14.4. The Morgan fingerprint density at radius 1 is 1.15 bits per heavy atom. The third kappa shape index (κ3) is 3.69. The number of hydrogen-bond donors (Lipinski definition) is 1. The molecule has 2 aromatic rings. The van der Waals surface area contributed by atoms with Gasteiger partial charge in [-0.2, -0.15) is 5.26 Å². The van der Waals surface area contributed by atoms with Gasteiger partial charge < -0.3 is 5.32 Å². The molecule has 2 aromatic carbocycles. The minimum Gasteiger partial charge on any atom is -0.326 e. The summed E-state index contributed by atoms with van der Waals surface area (Å²) in [7, 11) is 0. The zero-order valence-corrected chi connectivity index (χ0v) is 11.4. The summed E-state index contributed by atoms with van der Waals surface area (Å²) in [6, 6.07) is 17.0. The number of nitrogens with zero attached hydrogens (tertiary/aromatic N) is 1. The van der Waals surface area contributed by atoms with Crippen LogP contribution in [0.15, 0.2) is 48.5 Å². The molecular formula is C17H16N2O. The number of carbonyl (C=O) groups is 1. The molecule has 0 spiro atoms.